The maximum absolute atomic E-state index is 13.4. The molecule has 3 aromatic carbocycles. The zero-order chi connectivity index (χ0) is 24.7. The second-order valence-electron chi connectivity index (χ2n) is 9.56. The minimum Gasteiger partial charge on any atom is -0.384 e. The molecule has 2 amide bonds. The molecule has 0 aromatic heterocycles. The smallest absolute Gasteiger partial charge is 0.256 e. The molecule has 180 valence electrons. The Bertz CT molecular complexity index is 1350. The molecular formula is C28H28ClN3O3. The van der Waals surface area contributed by atoms with Gasteiger partial charge in [-0.2, -0.15) is 0 Å². The number of halogens is 1. The van der Waals surface area contributed by atoms with Crippen molar-refractivity contribution < 1.29 is 14.4 Å². The van der Waals surface area contributed by atoms with Gasteiger partial charge in [0.2, 0.25) is 5.91 Å². The number of fused-ring (bicyclic) bond motifs is 1. The van der Waals surface area contributed by atoms with Gasteiger partial charge in [-0.25, -0.2) is 0 Å². The Morgan fingerprint density at radius 2 is 1.91 bits per heavy atom. The fourth-order valence-corrected chi connectivity index (χ4v) is 5.28. The van der Waals surface area contributed by atoms with Crippen molar-refractivity contribution in [2.75, 3.05) is 19.8 Å². The molecule has 2 aliphatic heterocycles. The summed E-state index contributed by atoms with van der Waals surface area (Å²) in [7, 11) is 0. The van der Waals surface area contributed by atoms with Crippen LogP contribution < -0.4 is 0 Å². The first kappa shape index (κ1) is 23.4. The summed E-state index contributed by atoms with van der Waals surface area (Å²) in [5.41, 5.74) is 3.77. The Morgan fingerprint density at radius 3 is 2.66 bits per heavy atom. The van der Waals surface area contributed by atoms with Crippen molar-refractivity contribution in [2.45, 2.75) is 39.2 Å². The van der Waals surface area contributed by atoms with Gasteiger partial charge >= 0.3 is 0 Å². The van der Waals surface area contributed by atoms with Crippen LogP contribution in [-0.2, 0) is 15.2 Å². The molecule has 2 heterocycles. The predicted octanol–water partition coefficient (Wildman–Crippen LogP) is 5.49. The quantitative estimate of drug-likeness (QED) is 0.476. The molecule has 1 saturated heterocycles. The van der Waals surface area contributed by atoms with Crippen molar-refractivity contribution in [1.29, 1.82) is 0 Å². The normalized spacial score (nSPS) is 19.9. The van der Waals surface area contributed by atoms with Crippen LogP contribution in [0.15, 0.2) is 59.8 Å². The molecule has 5 rings (SSSR count). The summed E-state index contributed by atoms with van der Waals surface area (Å²) in [6.45, 7) is 7.16. The van der Waals surface area contributed by atoms with Gasteiger partial charge in [-0.3, -0.25) is 9.59 Å². The van der Waals surface area contributed by atoms with E-state index in [1.165, 1.54) is 0 Å². The Hall–Kier alpha value is -3.38. The predicted molar refractivity (Wildman–Crippen MR) is 138 cm³/mol. The number of hydrogen-bond donors (Lipinski definition) is 0. The zero-order valence-electron chi connectivity index (χ0n) is 20.2. The number of carbonyl (C=O) groups is 2. The van der Waals surface area contributed by atoms with Crippen LogP contribution in [0.1, 0.15) is 53.7 Å². The molecule has 7 heteroatoms. The third-order valence-corrected chi connectivity index (χ3v) is 7.00. The van der Waals surface area contributed by atoms with E-state index in [4.69, 9.17) is 16.4 Å². The van der Waals surface area contributed by atoms with Gasteiger partial charge in [-0.1, -0.05) is 60.1 Å². The molecule has 0 aliphatic carbocycles. The van der Waals surface area contributed by atoms with Crippen molar-refractivity contribution in [2.24, 2.45) is 5.16 Å². The highest BCUT2D eigenvalue weighted by Gasteiger charge is 2.38. The monoisotopic (exact) mass is 489 g/mol. The van der Waals surface area contributed by atoms with E-state index in [1.54, 1.807) is 9.80 Å². The molecule has 1 fully saturated rings. The third-order valence-electron chi connectivity index (χ3n) is 6.78. The fraction of sp³-hybridized carbons (Fsp3) is 0.321. The van der Waals surface area contributed by atoms with Gasteiger partial charge in [0.05, 0.1) is 12.4 Å². The number of aryl methyl sites for hydroxylation is 1. The number of hydrogen-bond acceptors (Lipinski definition) is 4. The molecule has 3 aromatic rings. The van der Waals surface area contributed by atoms with E-state index in [-0.39, 0.29) is 18.4 Å². The summed E-state index contributed by atoms with van der Waals surface area (Å²) in [5.74, 6) is -0.141. The molecular weight excluding hydrogens is 462 g/mol. The van der Waals surface area contributed by atoms with Crippen LogP contribution in [0.2, 0.25) is 5.02 Å². The highest BCUT2D eigenvalue weighted by molar-refractivity contribution is 6.30. The first-order chi connectivity index (χ1) is 16.8. The molecule has 1 atom stereocenters. The standard InChI is InChI=1S/C28H28ClN3O3/c1-4-11-31-17-32(16-26(31)33)27(34)24-10-9-23(21-7-5-6-8-22(21)24)25-15-28(3,35-30-25)19-12-18(2)13-20(29)14-19/h5-10,12-14H,4,11,15-17H2,1-3H3. The van der Waals surface area contributed by atoms with Crippen LogP contribution in [0.4, 0.5) is 0 Å². The number of carbonyl (C=O) groups excluding carboxylic acids is 2. The lowest BCUT2D eigenvalue weighted by Crippen LogP contribution is -2.31. The minimum atomic E-state index is -0.626. The summed E-state index contributed by atoms with van der Waals surface area (Å²) in [6, 6.07) is 17.5. The van der Waals surface area contributed by atoms with E-state index >= 15 is 0 Å². The number of rotatable bonds is 5. The second-order valence-corrected chi connectivity index (χ2v) is 10.00. The molecule has 6 nitrogen and oxygen atoms in total. The zero-order valence-corrected chi connectivity index (χ0v) is 20.9. The Labute approximate surface area is 210 Å². The van der Waals surface area contributed by atoms with E-state index < -0.39 is 5.60 Å². The molecule has 0 bridgehead atoms. The summed E-state index contributed by atoms with van der Waals surface area (Å²) in [4.78, 5) is 35.1. The molecule has 0 spiro atoms. The average molecular weight is 490 g/mol. The first-order valence-corrected chi connectivity index (χ1v) is 12.3. The highest BCUT2D eigenvalue weighted by atomic mass is 35.5. The van der Waals surface area contributed by atoms with Crippen LogP contribution in [0.5, 0.6) is 0 Å². The van der Waals surface area contributed by atoms with E-state index in [2.05, 4.69) is 11.2 Å². The third kappa shape index (κ3) is 4.27. The minimum absolute atomic E-state index is 0.00544. The topological polar surface area (TPSA) is 62.2 Å². The Kier molecular flexibility index (Phi) is 6.01. The molecule has 0 saturated carbocycles. The van der Waals surface area contributed by atoms with Crippen LogP contribution >= 0.6 is 11.6 Å². The van der Waals surface area contributed by atoms with Gasteiger partial charge in [-0.15, -0.1) is 0 Å². The molecule has 35 heavy (non-hydrogen) atoms. The first-order valence-electron chi connectivity index (χ1n) is 11.9. The Balaban J connectivity index is 1.46. The largest absolute Gasteiger partial charge is 0.384 e. The van der Waals surface area contributed by atoms with Crippen molar-refractivity contribution in [3.63, 3.8) is 0 Å². The van der Waals surface area contributed by atoms with Crippen LogP contribution in [-0.4, -0.2) is 47.1 Å². The number of amides is 2. The van der Waals surface area contributed by atoms with E-state index in [1.807, 2.05) is 69.3 Å². The van der Waals surface area contributed by atoms with Crippen molar-refractivity contribution >= 4 is 39.9 Å². The van der Waals surface area contributed by atoms with E-state index in [0.717, 1.165) is 39.6 Å². The number of nitrogens with zero attached hydrogens (tertiary/aromatic N) is 3. The maximum Gasteiger partial charge on any atom is 0.256 e. The van der Waals surface area contributed by atoms with Crippen molar-refractivity contribution in [3.05, 3.63) is 81.9 Å². The van der Waals surface area contributed by atoms with Crippen LogP contribution in [0, 0.1) is 6.92 Å². The SMILES string of the molecule is CCCN1CN(C(=O)c2ccc(C3=NOC(C)(c4cc(C)cc(Cl)c4)C3)c3ccccc23)CC1=O. The molecule has 2 aliphatic rings. The number of benzene rings is 3. The van der Waals surface area contributed by atoms with Gasteiger partial charge < -0.3 is 14.6 Å². The maximum atomic E-state index is 13.4. The lowest BCUT2D eigenvalue weighted by Gasteiger charge is -2.23. The van der Waals surface area contributed by atoms with Gasteiger partial charge in [0.25, 0.3) is 5.91 Å². The van der Waals surface area contributed by atoms with E-state index in [9.17, 15) is 9.59 Å². The summed E-state index contributed by atoms with van der Waals surface area (Å²) in [6.07, 6.45) is 1.44. The molecule has 0 N–H and O–H groups in total. The lowest BCUT2D eigenvalue weighted by atomic mass is 9.86. The van der Waals surface area contributed by atoms with Crippen molar-refractivity contribution in [1.82, 2.24) is 9.80 Å². The van der Waals surface area contributed by atoms with Crippen molar-refractivity contribution in [3.8, 4) is 0 Å². The summed E-state index contributed by atoms with van der Waals surface area (Å²) >= 11 is 6.31. The van der Waals surface area contributed by atoms with Gasteiger partial charge in [-0.05, 0) is 60.4 Å². The van der Waals surface area contributed by atoms with Gasteiger partial charge in [0.1, 0.15) is 6.54 Å². The highest BCUT2D eigenvalue weighted by Crippen LogP contribution is 2.39. The van der Waals surface area contributed by atoms with Gasteiger partial charge in [0.15, 0.2) is 5.60 Å². The second kappa shape index (κ2) is 9.00. The summed E-state index contributed by atoms with van der Waals surface area (Å²) in [5, 5.41) is 6.91. The Morgan fingerprint density at radius 1 is 1.14 bits per heavy atom. The van der Waals surface area contributed by atoms with Gasteiger partial charge in [0, 0.05) is 29.1 Å². The average Bonchev–Trinajstić information content (AvgIpc) is 3.41. The van der Waals surface area contributed by atoms with E-state index in [0.29, 0.717) is 30.2 Å². The molecule has 0 radical (unpaired) electrons. The van der Waals surface area contributed by atoms with Crippen LogP contribution in [0.3, 0.4) is 0 Å². The molecule has 1 unspecified atom stereocenters. The fourth-order valence-electron chi connectivity index (χ4n) is 4.99. The van der Waals surface area contributed by atoms with Crippen LogP contribution in [0.25, 0.3) is 10.8 Å². The lowest BCUT2D eigenvalue weighted by molar-refractivity contribution is -0.126. The summed E-state index contributed by atoms with van der Waals surface area (Å²) < 4.78 is 0. The number of oxime groups is 1.